The molecule has 1 aliphatic rings. The van der Waals surface area contributed by atoms with Crippen LogP contribution in [0.5, 0.6) is 0 Å². The summed E-state index contributed by atoms with van der Waals surface area (Å²) in [6.45, 7) is 3.48. The van der Waals surface area contributed by atoms with Gasteiger partial charge in [0.2, 0.25) is 0 Å². The van der Waals surface area contributed by atoms with Gasteiger partial charge in [-0.05, 0) is 51.2 Å². The zero-order chi connectivity index (χ0) is 15.6. The summed E-state index contributed by atoms with van der Waals surface area (Å²) in [6, 6.07) is 6.14. The Hall–Kier alpha value is -1.79. The monoisotopic (exact) mass is 292 g/mol. The van der Waals surface area contributed by atoms with Crippen molar-refractivity contribution in [3.63, 3.8) is 0 Å². The number of oxime groups is 1. The summed E-state index contributed by atoms with van der Waals surface area (Å²) >= 11 is 0. The van der Waals surface area contributed by atoms with Gasteiger partial charge in [-0.15, -0.1) is 0 Å². The van der Waals surface area contributed by atoms with Crippen LogP contribution in [0.4, 0.5) is 5.69 Å². The quantitative estimate of drug-likeness (QED) is 0.327. The summed E-state index contributed by atoms with van der Waals surface area (Å²) in [7, 11) is 4.07. The molecule has 2 atom stereocenters. The largest absolute Gasteiger partial charge is 0.409 e. The molecule has 1 aromatic rings. The predicted octanol–water partition coefficient (Wildman–Crippen LogP) is 0.591. The number of amidine groups is 1. The Labute approximate surface area is 125 Å². The van der Waals surface area contributed by atoms with Crippen molar-refractivity contribution in [2.75, 3.05) is 32.1 Å². The van der Waals surface area contributed by atoms with E-state index >= 15 is 0 Å². The van der Waals surface area contributed by atoms with E-state index in [2.05, 4.69) is 15.0 Å². The van der Waals surface area contributed by atoms with Gasteiger partial charge >= 0.3 is 0 Å². The molecule has 6 heteroatoms. The van der Waals surface area contributed by atoms with Crippen LogP contribution in [-0.4, -0.2) is 60.4 Å². The Morgan fingerprint density at radius 2 is 2.19 bits per heavy atom. The second kappa shape index (κ2) is 6.32. The van der Waals surface area contributed by atoms with Crippen LogP contribution in [0.2, 0.25) is 0 Å². The molecule has 1 fully saturated rings. The van der Waals surface area contributed by atoms with Gasteiger partial charge < -0.3 is 25.8 Å². The molecule has 1 heterocycles. The van der Waals surface area contributed by atoms with Crippen LogP contribution in [0.3, 0.4) is 0 Å². The van der Waals surface area contributed by atoms with Crippen LogP contribution in [0.15, 0.2) is 23.4 Å². The Balaban J connectivity index is 2.26. The van der Waals surface area contributed by atoms with E-state index in [1.165, 1.54) is 0 Å². The van der Waals surface area contributed by atoms with E-state index in [0.29, 0.717) is 12.6 Å². The number of hydrogen-bond donors (Lipinski definition) is 3. The van der Waals surface area contributed by atoms with Gasteiger partial charge in [0.15, 0.2) is 5.84 Å². The Morgan fingerprint density at radius 3 is 2.76 bits per heavy atom. The molecular formula is C15H24N4O2. The number of nitrogens with zero attached hydrogens (tertiary/aromatic N) is 3. The van der Waals surface area contributed by atoms with Crippen molar-refractivity contribution in [1.29, 1.82) is 0 Å². The molecular weight excluding hydrogens is 268 g/mol. The number of benzene rings is 1. The number of nitrogens with two attached hydrogens (primary N) is 1. The third-order valence-corrected chi connectivity index (χ3v) is 3.89. The molecule has 6 nitrogen and oxygen atoms in total. The summed E-state index contributed by atoms with van der Waals surface area (Å²) in [5.41, 5.74) is 8.39. The van der Waals surface area contributed by atoms with E-state index in [0.717, 1.165) is 29.8 Å². The highest BCUT2D eigenvalue weighted by Crippen LogP contribution is 2.28. The number of rotatable bonds is 4. The Morgan fingerprint density at radius 1 is 1.48 bits per heavy atom. The van der Waals surface area contributed by atoms with Gasteiger partial charge in [0.05, 0.1) is 6.10 Å². The first kappa shape index (κ1) is 15.6. The highest BCUT2D eigenvalue weighted by molar-refractivity contribution is 5.98. The second-order valence-corrected chi connectivity index (χ2v) is 5.94. The molecule has 0 aliphatic carbocycles. The van der Waals surface area contributed by atoms with Gasteiger partial charge in [-0.25, -0.2) is 0 Å². The lowest BCUT2D eigenvalue weighted by atomic mass is 10.1. The fourth-order valence-electron chi connectivity index (χ4n) is 2.97. The van der Waals surface area contributed by atoms with Crippen molar-refractivity contribution in [1.82, 2.24) is 4.90 Å². The SMILES string of the molecule is Cc1cc(N2CC(O)CC2CN(C)C)ccc1/C(N)=N/O. The van der Waals surface area contributed by atoms with Crippen molar-refractivity contribution >= 4 is 11.5 Å². The molecule has 2 rings (SSSR count). The standard InChI is InChI=1S/C15H24N4O2/c1-10-6-11(4-5-14(10)15(16)17-21)19-9-13(20)7-12(19)8-18(2)3/h4-6,12-13,20-21H,7-9H2,1-3H3,(H2,16,17). The fourth-order valence-corrected chi connectivity index (χ4v) is 2.97. The number of likely N-dealkylation sites (N-methyl/N-ethyl adjacent to an activating group) is 1. The van der Waals surface area contributed by atoms with Crippen LogP contribution in [0, 0.1) is 6.92 Å². The van der Waals surface area contributed by atoms with Gasteiger partial charge in [-0.2, -0.15) is 0 Å². The number of hydrogen-bond acceptors (Lipinski definition) is 5. The number of anilines is 1. The molecule has 116 valence electrons. The average molecular weight is 292 g/mol. The number of β-amino-alcohol motifs (C(OH)–C–C–N with tert-alkyl or cyclic N) is 1. The van der Waals surface area contributed by atoms with Crippen molar-refractivity contribution < 1.29 is 10.3 Å². The van der Waals surface area contributed by atoms with Crippen LogP contribution in [0.25, 0.3) is 0 Å². The third-order valence-electron chi connectivity index (χ3n) is 3.89. The Bertz CT molecular complexity index is 530. The number of aryl methyl sites for hydroxylation is 1. The van der Waals surface area contributed by atoms with E-state index in [9.17, 15) is 5.11 Å². The van der Waals surface area contributed by atoms with E-state index in [-0.39, 0.29) is 11.9 Å². The summed E-state index contributed by atoms with van der Waals surface area (Å²) in [5, 5.41) is 21.8. The van der Waals surface area contributed by atoms with Crippen molar-refractivity contribution in [3.8, 4) is 0 Å². The van der Waals surface area contributed by atoms with Crippen molar-refractivity contribution in [2.45, 2.75) is 25.5 Å². The van der Waals surface area contributed by atoms with Crippen LogP contribution < -0.4 is 10.6 Å². The molecule has 21 heavy (non-hydrogen) atoms. The summed E-state index contributed by atoms with van der Waals surface area (Å²) in [6.07, 6.45) is 0.484. The highest BCUT2D eigenvalue weighted by atomic mass is 16.4. The van der Waals surface area contributed by atoms with E-state index in [1.54, 1.807) is 0 Å². The zero-order valence-corrected chi connectivity index (χ0v) is 12.8. The van der Waals surface area contributed by atoms with Gasteiger partial charge in [0.25, 0.3) is 0 Å². The minimum Gasteiger partial charge on any atom is -0.409 e. The summed E-state index contributed by atoms with van der Waals surface area (Å²) in [4.78, 5) is 4.36. The van der Waals surface area contributed by atoms with Crippen LogP contribution in [0.1, 0.15) is 17.5 Å². The topological polar surface area (TPSA) is 85.3 Å². The van der Waals surface area contributed by atoms with Gasteiger partial charge in [-0.1, -0.05) is 5.16 Å². The van der Waals surface area contributed by atoms with E-state index < -0.39 is 0 Å². The maximum absolute atomic E-state index is 9.96. The normalized spacial score (nSPS) is 23.1. The molecule has 1 aromatic carbocycles. The minimum atomic E-state index is -0.293. The maximum Gasteiger partial charge on any atom is 0.170 e. The molecule has 0 amide bonds. The molecule has 2 unspecified atom stereocenters. The molecule has 0 spiro atoms. The van der Waals surface area contributed by atoms with Gasteiger partial charge in [0, 0.05) is 30.4 Å². The van der Waals surface area contributed by atoms with E-state index in [4.69, 9.17) is 10.9 Å². The lowest BCUT2D eigenvalue weighted by Crippen LogP contribution is -2.37. The lowest BCUT2D eigenvalue weighted by Gasteiger charge is -2.29. The van der Waals surface area contributed by atoms with Gasteiger partial charge in [-0.3, -0.25) is 0 Å². The third kappa shape index (κ3) is 3.46. The van der Waals surface area contributed by atoms with Crippen molar-refractivity contribution in [3.05, 3.63) is 29.3 Å². The lowest BCUT2D eigenvalue weighted by molar-refractivity contribution is 0.191. The van der Waals surface area contributed by atoms with Crippen molar-refractivity contribution in [2.24, 2.45) is 10.9 Å². The molecule has 1 saturated heterocycles. The second-order valence-electron chi connectivity index (χ2n) is 5.94. The molecule has 4 N–H and O–H groups in total. The molecule has 0 saturated carbocycles. The van der Waals surface area contributed by atoms with Crippen LogP contribution >= 0.6 is 0 Å². The zero-order valence-electron chi connectivity index (χ0n) is 12.8. The fraction of sp³-hybridized carbons (Fsp3) is 0.533. The summed E-state index contributed by atoms with van der Waals surface area (Å²) < 4.78 is 0. The molecule has 0 aromatic heterocycles. The first-order valence-electron chi connectivity index (χ1n) is 7.10. The molecule has 1 aliphatic heterocycles. The molecule has 0 bridgehead atoms. The average Bonchev–Trinajstić information content (AvgIpc) is 2.77. The number of aliphatic hydroxyl groups excluding tert-OH is 1. The predicted molar refractivity (Wildman–Crippen MR) is 84.0 cm³/mol. The maximum atomic E-state index is 9.96. The minimum absolute atomic E-state index is 0.116. The first-order valence-corrected chi connectivity index (χ1v) is 7.10. The highest BCUT2D eigenvalue weighted by Gasteiger charge is 2.31. The Kier molecular flexibility index (Phi) is 4.69. The first-order chi connectivity index (χ1) is 9.92. The summed E-state index contributed by atoms with van der Waals surface area (Å²) in [5.74, 6) is 0.116. The smallest absolute Gasteiger partial charge is 0.170 e. The van der Waals surface area contributed by atoms with Gasteiger partial charge in [0.1, 0.15) is 0 Å². The van der Waals surface area contributed by atoms with Crippen LogP contribution in [-0.2, 0) is 0 Å². The number of aliphatic hydroxyl groups is 1. The molecule has 0 radical (unpaired) electrons. The van der Waals surface area contributed by atoms with E-state index in [1.807, 2.05) is 39.2 Å².